The fourth-order valence-electron chi connectivity index (χ4n) is 3.05. The van der Waals surface area contributed by atoms with E-state index in [1.807, 2.05) is 0 Å². The van der Waals surface area contributed by atoms with Crippen LogP contribution < -0.4 is 5.32 Å². The molecular weight excluding hydrogens is 242 g/mol. The molecule has 0 saturated carbocycles. The van der Waals surface area contributed by atoms with E-state index in [2.05, 4.69) is 61.6 Å². The van der Waals surface area contributed by atoms with E-state index in [0.717, 1.165) is 13.0 Å². The highest BCUT2D eigenvalue weighted by Crippen LogP contribution is 2.37. The number of fused-ring (bicyclic) bond motifs is 3. The zero-order valence-electron chi connectivity index (χ0n) is 12.4. The van der Waals surface area contributed by atoms with Crippen LogP contribution in [0.5, 0.6) is 0 Å². The molecule has 0 aromatic heterocycles. The lowest BCUT2D eigenvalue weighted by molar-refractivity contribution is 0.554. The van der Waals surface area contributed by atoms with Crippen LogP contribution >= 0.6 is 0 Å². The van der Waals surface area contributed by atoms with Crippen molar-refractivity contribution in [2.24, 2.45) is 0 Å². The molecule has 0 heterocycles. The fraction of sp³-hybridized carbons (Fsp3) is 0.368. The Kier molecular flexibility index (Phi) is 3.88. The Labute approximate surface area is 122 Å². The zero-order valence-corrected chi connectivity index (χ0v) is 12.4. The number of hydrogen-bond donors (Lipinski definition) is 1. The third-order valence-electron chi connectivity index (χ3n) is 4.30. The first-order chi connectivity index (χ1) is 9.79. The van der Waals surface area contributed by atoms with Gasteiger partial charge in [0.05, 0.1) is 0 Å². The molecule has 1 aliphatic rings. The van der Waals surface area contributed by atoms with Crippen LogP contribution in [0.25, 0.3) is 11.1 Å². The highest BCUT2D eigenvalue weighted by atomic mass is 14.9. The van der Waals surface area contributed by atoms with Gasteiger partial charge in [0, 0.05) is 6.04 Å². The van der Waals surface area contributed by atoms with Crippen molar-refractivity contribution in [1.29, 1.82) is 0 Å². The molecule has 3 rings (SSSR count). The molecule has 1 unspecified atom stereocenters. The average molecular weight is 265 g/mol. The maximum atomic E-state index is 3.61. The first kappa shape index (κ1) is 13.4. The molecule has 0 radical (unpaired) electrons. The zero-order chi connectivity index (χ0) is 13.9. The summed E-state index contributed by atoms with van der Waals surface area (Å²) in [5.74, 6) is 0. The van der Waals surface area contributed by atoms with Crippen LogP contribution in [0.4, 0.5) is 0 Å². The van der Waals surface area contributed by atoms with Gasteiger partial charge < -0.3 is 5.32 Å². The summed E-state index contributed by atoms with van der Waals surface area (Å²) in [6.07, 6.45) is 3.58. The van der Waals surface area contributed by atoms with Crippen LogP contribution in [0.1, 0.15) is 49.4 Å². The second kappa shape index (κ2) is 5.80. The van der Waals surface area contributed by atoms with Gasteiger partial charge in [0.15, 0.2) is 0 Å². The number of benzene rings is 2. The highest BCUT2D eigenvalue weighted by Gasteiger charge is 2.18. The third kappa shape index (κ3) is 2.51. The van der Waals surface area contributed by atoms with Crippen molar-refractivity contribution in [2.45, 2.75) is 39.2 Å². The van der Waals surface area contributed by atoms with Gasteiger partial charge in [0.1, 0.15) is 0 Å². The lowest BCUT2D eigenvalue weighted by Gasteiger charge is -2.15. The predicted octanol–water partition coefficient (Wildman–Crippen LogP) is 4.71. The van der Waals surface area contributed by atoms with Crippen LogP contribution in [0.3, 0.4) is 0 Å². The highest BCUT2D eigenvalue weighted by molar-refractivity contribution is 5.76. The van der Waals surface area contributed by atoms with Crippen molar-refractivity contribution in [2.75, 3.05) is 6.54 Å². The second-order valence-electron chi connectivity index (χ2n) is 5.78. The summed E-state index contributed by atoms with van der Waals surface area (Å²) in [7, 11) is 0. The maximum Gasteiger partial charge on any atom is 0.0291 e. The Balaban J connectivity index is 1.80. The Morgan fingerprint density at radius 2 is 1.85 bits per heavy atom. The monoisotopic (exact) mass is 265 g/mol. The molecule has 2 aromatic rings. The van der Waals surface area contributed by atoms with Crippen LogP contribution in [0.15, 0.2) is 42.5 Å². The first-order valence-electron chi connectivity index (χ1n) is 7.74. The summed E-state index contributed by atoms with van der Waals surface area (Å²) < 4.78 is 0. The Hall–Kier alpha value is -1.60. The van der Waals surface area contributed by atoms with Crippen molar-refractivity contribution >= 4 is 0 Å². The van der Waals surface area contributed by atoms with E-state index >= 15 is 0 Å². The quantitative estimate of drug-likeness (QED) is 0.659. The van der Waals surface area contributed by atoms with E-state index in [-0.39, 0.29) is 0 Å². The third-order valence-corrected chi connectivity index (χ3v) is 4.30. The van der Waals surface area contributed by atoms with Crippen LogP contribution in [0, 0.1) is 0 Å². The molecule has 0 saturated heterocycles. The molecule has 1 aliphatic carbocycles. The molecule has 1 heteroatoms. The Morgan fingerprint density at radius 1 is 1.05 bits per heavy atom. The first-order valence-corrected chi connectivity index (χ1v) is 7.74. The smallest absolute Gasteiger partial charge is 0.0291 e. The summed E-state index contributed by atoms with van der Waals surface area (Å²) in [4.78, 5) is 0. The minimum atomic E-state index is 0.440. The van der Waals surface area contributed by atoms with Gasteiger partial charge in [-0.25, -0.2) is 0 Å². The van der Waals surface area contributed by atoms with Crippen molar-refractivity contribution in [3.05, 3.63) is 59.2 Å². The Morgan fingerprint density at radius 3 is 2.70 bits per heavy atom. The van der Waals surface area contributed by atoms with Crippen LogP contribution in [-0.2, 0) is 6.42 Å². The average Bonchev–Trinajstić information content (AvgIpc) is 2.85. The van der Waals surface area contributed by atoms with E-state index in [1.54, 1.807) is 0 Å². The number of rotatable bonds is 5. The minimum absolute atomic E-state index is 0.440. The molecular formula is C19H23N. The predicted molar refractivity (Wildman–Crippen MR) is 86.0 cm³/mol. The van der Waals surface area contributed by atoms with E-state index < -0.39 is 0 Å². The largest absolute Gasteiger partial charge is 0.310 e. The lowest BCUT2D eigenvalue weighted by atomic mass is 10.0. The molecule has 2 aromatic carbocycles. The molecule has 104 valence electrons. The van der Waals surface area contributed by atoms with Gasteiger partial charge >= 0.3 is 0 Å². The number of unbranched alkanes of at least 4 members (excludes halogenated alkanes) is 1. The second-order valence-corrected chi connectivity index (χ2v) is 5.78. The topological polar surface area (TPSA) is 12.0 Å². The van der Waals surface area contributed by atoms with Crippen molar-refractivity contribution in [1.82, 2.24) is 5.32 Å². The summed E-state index contributed by atoms with van der Waals surface area (Å²) >= 11 is 0. The molecule has 0 amide bonds. The van der Waals surface area contributed by atoms with Crippen LogP contribution in [-0.4, -0.2) is 6.54 Å². The van der Waals surface area contributed by atoms with Gasteiger partial charge in [-0.05, 0) is 54.1 Å². The van der Waals surface area contributed by atoms with E-state index in [4.69, 9.17) is 0 Å². The summed E-state index contributed by atoms with van der Waals surface area (Å²) in [6, 6.07) is 16.2. The summed E-state index contributed by atoms with van der Waals surface area (Å²) in [5.41, 5.74) is 7.19. The SMILES string of the molecule is CCCCNC(C)c1ccc2c(c1)Cc1ccccc1-2. The van der Waals surface area contributed by atoms with Crippen LogP contribution in [0.2, 0.25) is 0 Å². The molecule has 20 heavy (non-hydrogen) atoms. The normalized spacial score (nSPS) is 13.9. The van der Waals surface area contributed by atoms with Gasteiger partial charge in [0.25, 0.3) is 0 Å². The molecule has 1 N–H and O–H groups in total. The minimum Gasteiger partial charge on any atom is -0.310 e. The van der Waals surface area contributed by atoms with Gasteiger partial charge in [-0.3, -0.25) is 0 Å². The van der Waals surface area contributed by atoms with Gasteiger partial charge in [-0.15, -0.1) is 0 Å². The molecule has 0 bridgehead atoms. The molecule has 0 fully saturated rings. The standard InChI is InChI=1S/C19H23N/c1-3-4-11-20-14(2)15-9-10-19-17(12-15)13-16-7-5-6-8-18(16)19/h5-10,12,14,20H,3-4,11,13H2,1-2H3. The maximum absolute atomic E-state index is 3.61. The number of hydrogen-bond acceptors (Lipinski definition) is 1. The van der Waals surface area contributed by atoms with Crippen molar-refractivity contribution in [3.8, 4) is 11.1 Å². The lowest BCUT2D eigenvalue weighted by Crippen LogP contribution is -2.19. The van der Waals surface area contributed by atoms with Crippen molar-refractivity contribution < 1.29 is 0 Å². The molecule has 1 atom stereocenters. The van der Waals surface area contributed by atoms with E-state index in [1.165, 1.54) is 40.7 Å². The summed E-state index contributed by atoms with van der Waals surface area (Å²) in [6.45, 7) is 5.60. The molecule has 1 nitrogen and oxygen atoms in total. The van der Waals surface area contributed by atoms with Gasteiger partial charge in [-0.1, -0.05) is 55.8 Å². The summed E-state index contributed by atoms with van der Waals surface area (Å²) in [5, 5.41) is 3.61. The van der Waals surface area contributed by atoms with E-state index in [9.17, 15) is 0 Å². The van der Waals surface area contributed by atoms with E-state index in [0.29, 0.717) is 6.04 Å². The number of nitrogens with one attached hydrogen (secondary N) is 1. The van der Waals surface area contributed by atoms with Gasteiger partial charge in [0.2, 0.25) is 0 Å². The van der Waals surface area contributed by atoms with Crippen molar-refractivity contribution in [3.63, 3.8) is 0 Å². The molecule has 0 spiro atoms. The fourth-order valence-corrected chi connectivity index (χ4v) is 3.05. The molecule has 0 aliphatic heterocycles. The van der Waals surface area contributed by atoms with Gasteiger partial charge in [-0.2, -0.15) is 0 Å². The Bertz CT molecular complexity index is 600.